The van der Waals surface area contributed by atoms with Crippen LogP contribution in [-0.4, -0.2) is 49.8 Å². The predicted molar refractivity (Wildman–Crippen MR) is 164 cm³/mol. The molecule has 9 heteroatoms. The lowest BCUT2D eigenvalue weighted by molar-refractivity contribution is 0.00578. The van der Waals surface area contributed by atoms with Crippen molar-refractivity contribution in [2.24, 2.45) is 0 Å². The molecule has 8 nitrogen and oxygen atoms in total. The molecule has 41 heavy (non-hydrogen) atoms. The SMILES string of the molecule is COc1ccc(CNc2nnc(C)c3cc(-c4cc(B5OC(C)(C)C(C)(C)O5)cc(C)c4OC)ccc23)c(OC)c1. The van der Waals surface area contributed by atoms with Crippen molar-refractivity contribution in [1.29, 1.82) is 0 Å². The molecule has 4 aromatic rings. The fourth-order valence-corrected chi connectivity index (χ4v) is 5.16. The maximum absolute atomic E-state index is 6.36. The van der Waals surface area contributed by atoms with Crippen LogP contribution >= 0.6 is 0 Å². The molecule has 1 aromatic heterocycles. The van der Waals surface area contributed by atoms with Gasteiger partial charge in [-0.05, 0) is 82.4 Å². The smallest absolute Gasteiger partial charge is 0.494 e. The van der Waals surface area contributed by atoms with Gasteiger partial charge in [-0.15, -0.1) is 5.10 Å². The Balaban J connectivity index is 1.51. The third-order valence-electron chi connectivity index (χ3n) is 8.24. The number of rotatable bonds is 8. The lowest BCUT2D eigenvalue weighted by atomic mass is 9.76. The predicted octanol–water partition coefficient (Wildman–Crippen LogP) is 5.85. The van der Waals surface area contributed by atoms with Crippen LogP contribution in [0.2, 0.25) is 0 Å². The molecule has 3 aromatic carbocycles. The van der Waals surface area contributed by atoms with Gasteiger partial charge >= 0.3 is 7.12 Å². The normalized spacial score (nSPS) is 15.7. The highest BCUT2D eigenvalue weighted by atomic mass is 16.7. The summed E-state index contributed by atoms with van der Waals surface area (Å²) in [6.07, 6.45) is 0. The molecule has 0 radical (unpaired) electrons. The molecule has 0 unspecified atom stereocenters. The highest BCUT2D eigenvalue weighted by Crippen LogP contribution is 2.39. The van der Waals surface area contributed by atoms with Gasteiger partial charge in [-0.3, -0.25) is 0 Å². The van der Waals surface area contributed by atoms with Crippen LogP contribution in [0.5, 0.6) is 17.2 Å². The van der Waals surface area contributed by atoms with Crippen LogP contribution in [0.15, 0.2) is 48.5 Å². The minimum atomic E-state index is -0.470. The van der Waals surface area contributed by atoms with Gasteiger partial charge in [0, 0.05) is 34.5 Å². The van der Waals surface area contributed by atoms with Gasteiger partial charge in [0.05, 0.1) is 38.2 Å². The maximum atomic E-state index is 6.36. The number of fused-ring (bicyclic) bond motifs is 1. The summed E-state index contributed by atoms with van der Waals surface area (Å²) in [6, 6.07) is 16.3. The number of methoxy groups -OCH3 is 3. The zero-order valence-corrected chi connectivity index (χ0v) is 25.3. The first kappa shape index (κ1) is 28.7. The van der Waals surface area contributed by atoms with E-state index in [2.05, 4.69) is 73.5 Å². The Bertz CT molecular complexity index is 1590. The first-order valence-electron chi connectivity index (χ1n) is 13.7. The Kier molecular flexibility index (Phi) is 7.61. The average molecular weight is 555 g/mol. The summed E-state index contributed by atoms with van der Waals surface area (Å²) in [5.74, 6) is 3.00. The van der Waals surface area contributed by atoms with Crippen molar-refractivity contribution in [2.75, 3.05) is 26.6 Å². The van der Waals surface area contributed by atoms with E-state index >= 15 is 0 Å². The van der Waals surface area contributed by atoms with Gasteiger partial charge in [0.25, 0.3) is 0 Å². The first-order chi connectivity index (χ1) is 19.5. The third-order valence-corrected chi connectivity index (χ3v) is 8.24. The Morgan fingerprint density at radius 3 is 2.20 bits per heavy atom. The molecule has 0 atom stereocenters. The molecular formula is C32H38BN3O5. The van der Waals surface area contributed by atoms with Crippen molar-refractivity contribution < 1.29 is 23.5 Å². The van der Waals surface area contributed by atoms with Gasteiger partial charge in [0.2, 0.25) is 0 Å². The molecule has 0 amide bonds. The summed E-state index contributed by atoms with van der Waals surface area (Å²) >= 11 is 0. The van der Waals surface area contributed by atoms with Crippen molar-refractivity contribution in [3.8, 4) is 28.4 Å². The molecule has 1 aliphatic heterocycles. The lowest BCUT2D eigenvalue weighted by Gasteiger charge is -2.32. The number of nitrogens with one attached hydrogen (secondary N) is 1. The minimum absolute atomic E-state index is 0.427. The van der Waals surface area contributed by atoms with E-state index in [1.165, 1.54) is 0 Å². The monoisotopic (exact) mass is 555 g/mol. The van der Waals surface area contributed by atoms with E-state index in [1.807, 2.05) is 32.0 Å². The highest BCUT2D eigenvalue weighted by molar-refractivity contribution is 6.62. The van der Waals surface area contributed by atoms with Crippen molar-refractivity contribution in [1.82, 2.24) is 10.2 Å². The summed E-state index contributed by atoms with van der Waals surface area (Å²) < 4.78 is 29.5. The number of anilines is 1. The molecule has 5 rings (SSSR count). The van der Waals surface area contributed by atoms with Crippen LogP contribution in [0.25, 0.3) is 21.9 Å². The van der Waals surface area contributed by atoms with E-state index in [1.54, 1.807) is 21.3 Å². The van der Waals surface area contributed by atoms with Gasteiger partial charge in [-0.25, -0.2) is 0 Å². The summed E-state index contributed by atoms with van der Waals surface area (Å²) in [6.45, 7) is 12.8. The number of aryl methyl sites for hydroxylation is 2. The summed E-state index contributed by atoms with van der Waals surface area (Å²) in [5.41, 5.74) is 4.91. The zero-order chi connectivity index (χ0) is 29.5. The van der Waals surface area contributed by atoms with Crippen LogP contribution < -0.4 is 25.0 Å². The van der Waals surface area contributed by atoms with Gasteiger partial charge in [0.1, 0.15) is 17.2 Å². The number of aromatic nitrogens is 2. The van der Waals surface area contributed by atoms with Crippen molar-refractivity contribution in [2.45, 2.75) is 59.3 Å². The van der Waals surface area contributed by atoms with Crippen molar-refractivity contribution >= 4 is 29.2 Å². The van der Waals surface area contributed by atoms with Crippen LogP contribution in [0.4, 0.5) is 5.82 Å². The molecule has 1 aliphatic rings. The number of ether oxygens (including phenoxy) is 3. The molecule has 0 bridgehead atoms. The molecular weight excluding hydrogens is 517 g/mol. The average Bonchev–Trinajstić information content (AvgIpc) is 3.18. The second kappa shape index (κ2) is 10.9. The molecule has 214 valence electrons. The number of hydrogen-bond donors (Lipinski definition) is 1. The van der Waals surface area contributed by atoms with Gasteiger partial charge in [-0.1, -0.05) is 18.2 Å². The fraction of sp³-hybridized carbons (Fsp3) is 0.375. The molecule has 0 saturated carbocycles. The van der Waals surface area contributed by atoms with Gasteiger partial charge in [-0.2, -0.15) is 5.10 Å². The van der Waals surface area contributed by atoms with E-state index < -0.39 is 18.3 Å². The fourth-order valence-electron chi connectivity index (χ4n) is 5.16. The molecule has 0 aliphatic carbocycles. The minimum Gasteiger partial charge on any atom is -0.497 e. The van der Waals surface area contributed by atoms with Crippen LogP contribution in [0.3, 0.4) is 0 Å². The second-order valence-electron chi connectivity index (χ2n) is 11.4. The molecule has 2 heterocycles. The van der Waals surface area contributed by atoms with Crippen LogP contribution in [0, 0.1) is 13.8 Å². The first-order valence-corrected chi connectivity index (χ1v) is 13.7. The Labute approximate surface area is 242 Å². The van der Waals surface area contributed by atoms with E-state index in [9.17, 15) is 0 Å². The van der Waals surface area contributed by atoms with Crippen molar-refractivity contribution in [3.05, 3.63) is 65.4 Å². The topological polar surface area (TPSA) is 84.0 Å². The van der Waals surface area contributed by atoms with Crippen LogP contribution in [-0.2, 0) is 15.9 Å². The quantitative estimate of drug-likeness (QED) is 0.271. The number of hydrogen-bond acceptors (Lipinski definition) is 8. The lowest BCUT2D eigenvalue weighted by Crippen LogP contribution is -2.41. The zero-order valence-electron chi connectivity index (χ0n) is 25.3. The Hall–Kier alpha value is -3.82. The van der Waals surface area contributed by atoms with Gasteiger partial charge < -0.3 is 28.8 Å². The van der Waals surface area contributed by atoms with E-state index in [0.29, 0.717) is 12.4 Å². The second-order valence-corrected chi connectivity index (χ2v) is 11.4. The standard InChI is InChI=1S/C32H38BN3O5/c1-19-14-23(33-40-31(3,4)32(5,6)41-33)16-27(29(19)39-9)21-11-13-25-26(15-21)20(2)35-36-30(25)34-18-22-10-12-24(37-7)17-28(22)38-8/h10-17H,18H2,1-9H3,(H,34,36). The number of benzene rings is 3. The molecule has 1 fully saturated rings. The number of nitrogens with zero attached hydrogens (tertiary/aromatic N) is 2. The van der Waals surface area contributed by atoms with Crippen molar-refractivity contribution in [3.63, 3.8) is 0 Å². The van der Waals surface area contributed by atoms with Gasteiger partial charge in [0.15, 0.2) is 5.82 Å². The molecule has 1 saturated heterocycles. The van der Waals surface area contributed by atoms with E-state index in [4.69, 9.17) is 23.5 Å². The Morgan fingerprint density at radius 1 is 0.805 bits per heavy atom. The maximum Gasteiger partial charge on any atom is 0.494 e. The molecule has 0 spiro atoms. The Morgan fingerprint density at radius 2 is 1.54 bits per heavy atom. The van der Waals surface area contributed by atoms with Crippen LogP contribution in [0.1, 0.15) is 44.5 Å². The summed E-state index contributed by atoms with van der Waals surface area (Å²) in [4.78, 5) is 0. The molecule has 1 N–H and O–H groups in total. The summed E-state index contributed by atoms with van der Waals surface area (Å²) in [7, 11) is 4.52. The van der Waals surface area contributed by atoms with E-state index in [0.717, 1.165) is 61.4 Å². The highest BCUT2D eigenvalue weighted by Gasteiger charge is 2.51. The summed E-state index contributed by atoms with van der Waals surface area (Å²) in [5, 5.41) is 14.4. The third kappa shape index (κ3) is 5.32. The largest absolute Gasteiger partial charge is 0.497 e. The van der Waals surface area contributed by atoms with E-state index in [-0.39, 0.29) is 0 Å².